The van der Waals surface area contributed by atoms with Crippen molar-refractivity contribution in [2.24, 2.45) is 0 Å². The Morgan fingerprint density at radius 2 is 2.14 bits per heavy atom. The number of para-hydroxylation sites is 1. The minimum absolute atomic E-state index is 0.139. The van der Waals surface area contributed by atoms with Crippen molar-refractivity contribution in [3.63, 3.8) is 0 Å². The molecule has 0 saturated heterocycles. The number of hydrogen-bond acceptors (Lipinski definition) is 2. The van der Waals surface area contributed by atoms with E-state index in [1.54, 1.807) is 19.1 Å². The molecule has 0 aliphatic heterocycles. The lowest BCUT2D eigenvalue weighted by Crippen LogP contribution is -2.09. The van der Waals surface area contributed by atoms with Gasteiger partial charge in [0.25, 0.3) is 0 Å². The van der Waals surface area contributed by atoms with Crippen molar-refractivity contribution in [3.8, 4) is 0 Å². The van der Waals surface area contributed by atoms with Gasteiger partial charge >= 0.3 is 5.97 Å². The van der Waals surface area contributed by atoms with E-state index >= 15 is 0 Å². The van der Waals surface area contributed by atoms with Gasteiger partial charge < -0.3 is 9.83 Å². The monoisotopic (exact) mass is 213 g/mol. The molecule has 76 valence electrons. The second-order valence-electron chi connectivity index (χ2n) is 2.86. The quantitative estimate of drug-likeness (QED) is 0.797. The lowest BCUT2D eigenvalue weighted by Gasteiger charge is -2.09. The van der Waals surface area contributed by atoms with Gasteiger partial charge in [-0.1, -0.05) is 12.1 Å². The summed E-state index contributed by atoms with van der Waals surface area (Å²) < 4.78 is 13.6. The molecule has 1 atom stereocenters. The van der Waals surface area contributed by atoms with E-state index < -0.39 is 17.0 Å². The van der Waals surface area contributed by atoms with Gasteiger partial charge in [-0.3, -0.25) is 0 Å². The molecule has 1 rings (SSSR count). The maximum atomic E-state index is 10.9. The van der Waals surface area contributed by atoms with Gasteiger partial charge in [0.05, 0.1) is 11.3 Å². The predicted molar refractivity (Wildman–Crippen MR) is 55.8 cm³/mol. The lowest BCUT2D eigenvalue weighted by atomic mass is 10.1. The van der Waals surface area contributed by atoms with Crippen LogP contribution in [0.4, 0.5) is 5.69 Å². The summed E-state index contributed by atoms with van der Waals surface area (Å²) in [6.45, 7) is 1.77. The van der Waals surface area contributed by atoms with Gasteiger partial charge in [0.1, 0.15) is 11.0 Å². The zero-order valence-electron chi connectivity index (χ0n) is 7.90. The van der Waals surface area contributed by atoms with E-state index in [2.05, 4.69) is 4.72 Å². The van der Waals surface area contributed by atoms with E-state index in [4.69, 9.17) is 5.11 Å². The van der Waals surface area contributed by atoms with Crippen molar-refractivity contribution in [2.75, 3.05) is 11.0 Å². The van der Waals surface area contributed by atoms with E-state index in [0.717, 1.165) is 5.56 Å². The number of benzene rings is 1. The highest BCUT2D eigenvalue weighted by Crippen LogP contribution is 2.20. The topological polar surface area (TPSA) is 66.4 Å². The second kappa shape index (κ2) is 4.23. The molecule has 1 aromatic rings. The van der Waals surface area contributed by atoms with E-state index in [1.165, 1.54) is 12.3 Å². The number of anilines is 1. The minimum atomic E-state index is -1.27. The molecule has 2 N–H and O–H groups in total. The SMILES string of the molecule is Cc1cccc(C(=O)O)c1NS(C)=O. The summed E-state index contributed by atoms with van der Waals surface area (Å²) in [5.41, 5.74) is 1.32. The minimum Gasteiger partial charge on any atom is -0.478 e. The van der Waals surface area contributed by atoms with Crippen LogP contribution >= 0.6 is 0 Å². The molecule has 0 aliphatic rings. The number of carboxylic acids is 1. The number of aromatic carboxylic acids is 1. The first kappa shape index (κ1) is 10.7. The lowest BCUT2D eigenvalue weighted by molar-refractivity contribution is 0.0698. The van der Waals surface area contributed by atoms with Crippen LogP contribution in [-0.4, -0.2) is 21.5 Å². The highest BCUT2D eigenvalue weighted by molar-refractivity contribution is 7.85. The fourth-order valence-corrected chi connectivity index (χ4v) is 1.68. The standard InChI is InChI=1S/C9H11NO3S/c1-6-4-3-5-7(9(11)12)8(6)10-14(2)13/h3-5,10H,1-2H3,(H,11,12). The summed E-state index contributed by atoms with van der Waals surface area (Å²) in [6.07, 6.45) is 1.46. The second-order valence-corrected chi connectivity index (χ2v) is 3.97. The highest BCUT2D eigenvalue weighted by Gasteiger charge is 2.11. The van der Waals surface area contributed by atoms with Gasteiger partial charge in [0.2, 0.25) is 0 Å². The van der Waals surface area contributed by atoms with E-state index in [0.29, 0.717) is 5.69 Å². The Morgan fingerprint density at radius 1 is 1.50 bits per heavy atom. The van der Waals surface area contributed by atoms with Crippen LogP contribution in [0.3, 0.4) is 0 Å². The van der Waals surface area contributed by atoms with Crippen LogP contribution in [0.25, 0.3) is 0 Å². The van der Waals surface area contributed by atoms with Gasteiger partial charge in [-0.15, -0.1) is 0 Å². The number of rotatable bonds is 3. The first-order valence-electron chi connectivity index (χ1n) is 3.95. The average Bonchev–Trinajstić information content (AvgIpc) is 2.07. The Hall–Kier alpha value is -1.36. The third-order valence-corrected chi connectivity index (χ3v) is 2.24. The van der Waals surface area contributed by atoms with Crippen molar-refractivity contribution in [1.29, 1.82) is 0 Å². The number of hydrogen-bond donors (Lipinski definition) is 2. The molecule has 1 aromatic carbocycles. The third-order valence-electron chi connectivity index (χ3n) is 1.75. The van der Waals surface area contributed by atoms with E-state index in [-0.39, 0.29) is 5.56 Å². The molecule has 0 bridgehead atoms. The number of carboxylic acid groups (broad SMARTS) is 1. The van der Waals surface area contributed by atoms with Crippen LogP contribution < -0.4 is 4.72 Å². The molecule has 0 aliphatic carbocycles. The summed E-state index contributed by atoms with van der Waals surface area (Å²) in [5.74, 6) is -1.03. The fraction of sp³-hybridized carbons (Fsp3) is 0.222. The van der Waals surface area contributed by atoms with Crippen LogP contribution in [0.5, 0.6) is 0 Å². The van der Waals surface area contributed by atoms with Gasteiger partial charge in [-0.2, -0.15) is 0 Å². The van der Waals surface area contributed by atoms with Crippen molar-refractivity contribution < 1.29 is 14.1 Å². The first-order valence-corrected chi connectivity index (χ1v) is 5.51. The molecular weight excluding hydrogens is 202 g/mol. The molecule has 14 heavy (non-hydrogen) atoms. The molecule has 0 heterocycles. The zero-order valence-corrected chi connectivity index (χ0v) is 8.72. The highest BCUT2D eigenvalue weighted by atomic mass is 32.2. The predicted octanol–water partition coefficient (Wildman–Crippen LogP) is 1.40. The molecular formula is C9H11NO3S. The van der Waals surface area contributed by atoms with Crippen molar-refractivity contribution >= 4 is 22.6 Å². The Balaban J connectivity index is 3.22. The van der Waals surface area contributed by atoms with Crippen molar-refractivity contribution in [1.82, 2.24) is 0 Å². The third kappa shape index (κ3) is 2.32. The summed E-state index contributed by atoms with van der Waals surface area (Å²) in [5, 5.41) is 8.86. The van der Waals surface area contributed by atoms with Crippen LogP contribution in [0, 0.1) is 6.92 Å². The molecule has 0 aromatic heterocycles. The van der Waals surface area contributed by atoms with Gasteiger partial charge in [-0.25, -0.2) is 9.00 Å². The zero-order chi connectivity index (χ0) is 10.7. The van der Waals surface area contributed by atoms with Crippen LogP contribution in [-0.2, 0) is 11.0 Å². The largest absolute Gasteiger partial charge is 0.478 e. The normalized spacial score (nSPS) is 12.1. The van der Waals surface area contributed by atoms with Crippen LogP contribution in [0.1, 0.15) is 15.9 Å². The molecule has 4 nitrogen and oxygen atoms in total. The Bertz CT molecular complexity index is 390. The van der Waals surface area contributed by atoms with Crippen molar-refractivity contribution in [3.05, 3.63) is 29.3 Å². The Morgan fingerprint density at radius 3 is 2.64 bits per heavy atom. The molecule has 5 heteroatoms. The number of nitrogens with one attached hydrogen (secondary N) is 1. The summed E-state index contributed by atoms with van der Waals surface area (Å²) >= 11 is 0. The molecule has 0 amide bonds. The molecule has 1 unspecified atom stereocenters. The maximum Gasteiger partial charge on any atom is 0.337 e. The molecule has 0 spiro atoms. The Kier molecular flexibility index (Phi) is 3.24. The Labute approximate surface area is 84.5 Å². The van der Waals surface area contributed by atoms with Gasteiger partial charge in [0.15, 0.2) is 0 Å². The molecule has 0 saturated carbocycles. The first-order chi connectivity index (χ1) is 6.52. The van der Waals surface area contributed by atoms with E-state index in [9.17, 15) is 9.00 Å². The molecule has 0 fully saturated rings. The van der Waals surface area contributed by atoms with Gasteiger partial charge in [-0.05, 0) is 18.6 Å². The summed E-state index contributed by atoms with van der Waals surface area (Å²) in [7, 11) is -1.27. The number of aryl methyl sites for hydroxylation is 1. The smallest absolute Gasteiger partial charge is 0.337 e. The number of carbonyl (C=O) groups is 1. The van der Waals surface area contributed by atoms with Crippen LogP contribution in [0.15, 0.2) is 18.2 Å². The average molecular weight is 213 g/mol. The fourth-order valence-electron chi connectivity index (χ4n) is 1.13. The van der Waals surface area contributed by atoms with Gasteiger partial charge in [0, 0.05) is 6.26 Å². The van der Waals surface area contributed by atoms with E-state index in [1.807, 2.05) is 0 Å². The maximum absolute atomic E-state index is 10.9. The summed E-state index contributed by atoms with van der Waals surface area (Å²) in [6, 6.07) is 4.90. The van der Waals surface area contributed by atoms with Crippen molar-refractivity contribution in [2.45, 2.75) is 6.92 Å². The molecule has 0 radical (unpaired) electrons. The summed E-state index contributed by atoms with van der Waals surface area (Å²) in [4.78, 5) is 10.8. The van der Waals surface area contributed by atoms with Crippen LogP contribution in [0.2, 0.25) is 0 Å².